The lowest BCUT2D eigenvalue weighted by molar-refractivity contribution is -0.117. The van der Waals surface area contributed by atoms with Gasteiger partial charge in [0.15, 0.2) is 5.78 Å². The Morgan fingerprint density at radius 2 is 1.58 bits per heavy atom. The molecule has 1 aliphatic carbocycles. The van der Waals surface area contributed by atoms with Crippen molar-refractivity contribution in [1.29, 1.82) is 0 Å². The van der Waals surface area contributed by atoms with Crippen molar-refractivity contribution in [2.75, 3.05) is 13.1 Å². The molecule has 3 heteroatoms. The number of nitrogens with zero attached hydrogens (tertiary/aromatic N) is 1. The van der Waals surface area contributed by atoms with Crippen LogP contribution in [-0.2, 0) is 9.59 Å². The molecule has 1 heterocycles. The highest BCUT2D eigenvalue weighted by atomic mass is 16.1. The Labute approximate surface area is 115 Å². The van der Waals surface area contributed by atoms with Crippen LogP contribution in [0, 0.1) is 5.92 Å². The Kier molecular flexibility index (Phi) is 3.93. The molecule has 0 unspecified atom stereocenters. The van der Waals surface area contributed by atoms with Gasteiger partial charge in [-0.15, -0.1) is 0 Å². The summed E-state index contributed by atoms with van der Waals surface area (Å²) in [4.78, 5) is 27.1. The highest BCUT2D eigenvalue weighted by Gasteiger charge is 2.33. The van der Waals surface area contributed by atoms with Crippen LogP contribution < -0.4 is 0 Å². The van der Waals surface area contributed by atoms with Crippen molar-refractivity contribution in [3.8, 4) is 0 Å². The second kappa shape index (κ2) is 5.32. The Hall–Kier alpha value is -1.38. The number of Topliss-reactive ketones (excluding diaryl/α,β-unsaturated/α-hetero) is 2. The Bertz CT molecular complexity index is 477. The lowest BCUT2D eigenvalue weighted by Gasteiger charge is -2.28. The van der Waals surface area contributed by atoms with Crippen molar-refractivity contribution in [1.82, 2.24) is 4.90 Å². The summed E-state index contributed by atoms with van der Waals surface area (Å²) in [6.45, 7) is 9.57. The van der Waals surface area contributed by atoms with Gasteiger partial charge >= 0.3 is 0 Å². The topological polar surface area (TPSA) is 37.4 Å². The molecule has 0 amide bonds. The minimum absolute atomic E-state index is 0.0645. The largest absolute Gasteiger partial charge is 0.368 e. The Balaban J connectivity index is 2.37. The minimum Gasteiger partial charge on any atom is -0.368 e. The van der Waals surface area contributed by atoms with Gasteiger partial charge in [-0.05, 0) is 39.0 Å². The average Bonchev–Trinajstić information content (AvgIpc) is 2.86. The molecule has 1 aliphatic heterocycles. The molecule has 0 radical (unpaired) electrons. The Morgan fingerprint density at radius 3 is 2.11 bits per heavy atom. The van der Waals surface area contributed by atoms with E-state index in [1.165, 1.54) is 0 Å². The summed E-state index contributed by atoms with van der Waals surface area (Å²) >= 11 is 0. The highest BCUT2D eigenvalue weighted by Crippen LogP contribution is 2.31. The van der Waals surface area contributed by atoms with E-state index in [4.69, 9.17) is 0 Å². The maximum Gasteiger partial charge on any atom is 0.205 e. The molecule has 0 aromatic carbocycles. The molecule has 2 rings (SSSR count). The van der Waals surface area contributed by atoms with Gasteiger partial charge in [0, 0.05) is 29.8 Å². The van der Waals surface area contributed by atoms with Gasteiger partial charge in [-0.25, -0.2) is 0 Å². The zero-order chi connectivity index (χ0) is 14.2. The summed E-state index contributed by atoms with van der Waals surface area (Å²) in [6, 6.07) is 0. The number of carbonyl (C=O) groups excluding carboxylic acids is 2. The lowest BCUT2D eigenvalue weighted by Crippen LogP contribution is -2.32. The normalized spacial score (nSPS) is 21.2. The van der Waals surface area contributed by atoms with Crippen LogP contribution in [0.1, 0.15) is 47.0 Å². The predicted molar refractivity (Wildman–Crippen MR) is 75.7 cm³/mol. The standard InChI is InChI=1S/C16H23NO2/c1-10(2)9-13-11(3)16(19)14(12(4)15(13)18)17-7-5-6-8-17/h10H,5-9H2,1-4H3. The Morgan fingerprint density at radius 1 is 1.00 bits per heavy atom. The van der Waals surface area contributed by atoms with Crippen molar-refractivity contribution in [3.05, 3.63) is 22.4 Å². The van der Waals surface area contributed by atoms with Crippen LogP contribution in [0.25, 0.3) is 0 Å². The van der Waals surface area contributed by atoms with Gasteiger partial charge in [0.25, 0.3) is 0 Å². The molecule has 0 aromatic rings. The van der Waals surface area contributed by atoms with Crippen molar-refractivity contribution < 1.29 is 9.59 Å². The third-order valence-electron chi connectivity index (χ3n) is 4.01. The number of hydrogen-bond acceptors (Lipinski definition) is 3. The summed E-state index contributed by atoms with van der Waals surface area (Å²) in [6.07, 6.45) is 2.92. The first-order chi connectivity index (χ1) is 8.93. The van der Waals surface area contributed by atoms with Gasteiger partial charge in [0.1, 0.15) is 0 Å². The molecule has 0 atom stereocenters. The summed E-state index contributed by atoms with van der Waals surface area (Å²) in [7, 11) is 0. The van der Waals surface area contributed by atoms with E-state index in [0.717, 1.165) is 31.5 Å². The summed E-state index contributed by atoms with van der Waals surface area (Å²) in [5.41, 5.74) is 2.69. The summed E-state index contributed by atoms with van der Waals surface area (Å²) in [5, 5.41) is 0. The molecule has 0 bridgehead atoms. The van der Waals surface area contributed by atoms with E-state index in [1.807, 2.05) is 0 Å². The molecule has 0 aromatic heterocycles. The quantitative estimate of drug-likeness (QED) is 0.733. The lowest BCUT2D eigenvalue weighted by atomic mass is 9.84. The van der Waals surface area contributed by atoms with Gasteiger partial charge in [0.05, 0.1) is 5.70 Å². The molecule has 0 spiro atoms. The molecule has 0 N–H and O–H groups in total. The van der Waals surface area contributed by atoms with Crippen LogP contribution in [-0.4, -0.2) is 29.6 Å². The van der Waals surface area contributed by atoms with E-state index < -0.39 is 0 Å². The van der Waals surface area contributed by atoms with E-state index >= 15 is 0 Å². The van der Waals surface area contributed by atoms with Crippen LogP contribution in [0.15, 0.2) is 22.4 Å². The van der Waals surface area contributed by atoms with E-state index in [9.17, 15) is 9.59 Å². The molecule has 1 fully saturated rings. The van der Waals surface area contributed by atoms with Gasteiger partial charge in [-0.2, -0.15) is 0 Å². The second-order valence-corrected chi connectivity index (χ2v) is 6.03. The monoisotopic (exact) mass is 261 g/mol. The van der Waals surface area contributed by atoms with Gasteiger partial charge in [0.2, 0.25) is 5.78 Å². The molecule has 2 aliphatic rings. The zero-order valence-corrected chi connectivity index (χ0v) is 12.4. The van der Waals surface area contributed by atoms with Crippen molar-refractivity contribution in [2.45, 2.75) is 47.0 Å². The smallest absolute Gasteiger partial charge is 0.205 e. The SMILES string of the molecule is CC1=C(CC(C)C)C(=O)C(C)=C(N2CCCC2)C1=O. The van der Waals surface area contributed by atoms with Crippen molar-refractivity contribution >= 4 is 11.6 Å². The zero-order valence-electron chi connectivity index (χ0n) is 12.4. The van der Waals surface area contributed by atoms with E-state index in [0.29, 0.717) is 29.2 Å². The van der Waals surface area contributed by atoms with Crippen LogP contribution in [0.5, 0.6) is 0 Å². The molecule has 104 valence electrons. The first kappa shape index (κ1) is 14.0. The number of carbonyl (C=O) groups is 2. The maximum atomic E-state index is 12.6. The van der Waals surface area contributed by atoms with Crippen molar-refractivity contribution in [3.63, 3.8) is 0 Å². The maximum absolute atomic E-state index is 12.6. The number of ketones is 2. The third kappa shape index (κ3) is 2.51. The van der Waals surface area contributed by atoms with Crippen LogP contribution in [0.2, 0.25) is 0 Å². The average molecular weight is 261 g/mol. The van der Waals surface area contributed by atoms with Gasteiger partial charge in [-0.1, -0.05) is 13.8 Å². The fraction of sp³-hybridized carbons (Fsp3) is 0.625. The molecule has 19 heavy (non-hydrogen) atoms. The predicted octanol–water partition coefficient (Wildman–Crippen LogP) is 2.87. The fourth-order valence-electron chi connectivity index (χ4n) is 2.96. The van der Waals surface area contributed by atoms with Gasteiger partial charge in [-0.3, -0.25) is 9.59 Å². The number of hydrogen-bond donors (Lipinski definition) is 0. The molecule has 0 saturated carbocycles. The molecule has 1 saturated heterocycles. The van der Waals surface area contributed by atoms with Gasteiger partial charge < -0.3 is 4.90 Å². The first-order valence-corrected chi connectivity index (χ1v) is 7.18. The number of likely N-dealkylation sites (tertiary alicyclic amines) is 1. The fourth-order valence-corrected chi connectivity index (χ4v) is 2.96. The van der Waals surface area contributed by atoms with Crippen molar-refractivity contribution in [2.24, 2.45) is 5.92 Å². The first-order valence-electron chi connectivity index (χ1n) is 7.18. The van der Waals surface area contributed by atoms with Crippen LogP contribution in [0.3, 0.4) is 0 Å². The van der Waals surface area contributed by atoms with E-state index in [1.54, 1.807) is 13.8 Å². The van der Waals surface area contributed by atoms with E-state index in [-0.39, 0.29) is 11.6 Å². The number of rotatable bonds is 3. The van der Waals surface area contributed by atoms with E-state index in [2.05, 4.69) is 18.7 Å². The second-order valence-electron chi connectivity index (χ2n) is 6.03. The highest BCUT2D eigenvalue weighted by molar-refractivity contribution is 6.24. The number of allylic oxidation sites excluding steroid dienone is 3. The minimum atomic E-state index is 0.0645. The molecular formula is C16H23NO2. The third-order valence-corrected chi connectivity index (χ3v) is 4.01. The molecule has 3 nitrogen and oxygen atoms in total. The van der Waals surface area contributed by atoms with Crippen LogP contribution in [0.4, 0.5) is 0 Å². The summed E-state index contributed by atoms with van der Waals surface area (Å²) < 4.78 is 0. The molecular weight excluding hydrogens is 238 g/mol. The van der Waals surface area contributed by atoms with Crippen LogP contribution >= 0.6 is 0 Å². The summed E-state index contributed by atoms with van der Waals surface area (Å²) in [5.74, 6) is 0.533.